The van der Waals surface area contributed by atoms with Crippen molar-refractivity contribution in [2.24, 2.45) is 0 Å². The van der Waals surface area contributed by atoms with E-state index in [1.807, 2.05) is 44.2 Å². The van der Waals surface area contributed by atoms with Crippen molar-refractivity contribution >= 4 is 21.9 Å². The molecule has 0 fully saturated rings. The van der Waals surface area contributed by atoms with Gasteiger partial charge >= 0.3 is 5.69 Å². The zero-order chi connectivity index (χ0) is 20.1. The molecule has 0 aliphatic carbocycles. The Morgan fingerprint density at radius 3 is 2.72 bits per heavy atom. The molecule has 144 valence electrons. The molecule has 0 aliphatic heterocycles. The van der Waals surface area contributed by atoms with Gasteiger partial charge in [-0.1, -0.05) is 47.1 Å². The van der Waals surface area contributed by atoms with Crippen LogP contribution in [0.2, 0.25) is 0 Å². The lowest BCUT2D eigenvalue weighted by molar-refractivity contribution is 0.393. The second-order valence-electron chi connectivity index (χ2n) is 7.46. The summed E-state index contributed by atoms with van der Waals surface area (Å²) >= 11 is 0. The van der Waals surface area contributed by atoms with Crippen LogP contribution < -0.4 is 5.69 Å². The van der Waals surface area contributed by atoms with Gasteiger partial charge in [0.15, 0.2) is 0 Å². The van der Waals surface area contributed by atoms with E-state index in [9.17, 15) is 4.79 Å². The molecule has 3 heterocycles. The Morgan fingerprint density at radius 2 is 1.97 bits per heavy atom. The number of benzene rings is 2. The lowest BCUT2D eigenvalue weighted by Gasteiger charge is -2.08. The Labute approximate surface area is 166 Å². The van der Waals surface area contributed by atoms with Crippen molar-refractivity contribution in [1.82, 2.24) is 19.7 Å². The average molecular weight is 384 g/mol. The number of nitrogens with zero attached hydrogens (tertiary/aromatic N) is 3. The van der Waals surface area contributed by atoms with E-state index in [4.69, 9.17) is 4.52 Å². The van der Waals surface area contributed by atoms with Crippen LogP contribution in [0.15, 0.2) is 58.0 Å². The number of aromatic amines is 1. The van der Waals surface area contributed by atoms with Gasteiger partial charge in [0.25, 0.3) is 0 Å². The first-order valence-corrected chi connectivity index (χ1v) is 9.51. The van der Waals surface area contributed by atoms with Crippen LogP contribution in [0.4, 0.5) is 0 Å². The van der Waals surface area contributed by atoms with Gasteiger partial charge in [-0.15, -0.1) is 0 Å². The molecule has 5 aromatic rings. The first-order chi connectivity index (χ1) is 14.0. The molecule has 2 aromatic carbocycles. The molecule has 6 nitrogen and oxygen atoms in total. The van der Waals surface area contributed by atoms with Gasteiger partial charge in [0.2, 0.25) is 0 Å². The molecule has 0 aliphatic rings. The van der Waals surface area contributed by atoms with Gasteiger partial charge in [0.1, 0.15) is 5.76 Å². The molecule has 0 unspecified atom stereocenters. The quantitative estimate of drug-likeness (QED) is 0.497. The highest BCUT2D eigenvalue weighted by molar-refractivity contribution is 6.03. The van der Waals surface area contributed by atoms with Crippen LogP contribution in [0, 0.1) is 20.8 Å². The fraction of sp³-hybridized carbons (Fsp3) is 0.174. The molecule has 5 rings (SSSR count). The summed E-state index contributed by atoms with van der Waals surface area (Å²) in [5.74, 6) is 0.779. The third-order valence-corrected chi connectivity index (χ3v) is 5.34. The van der Waals surface area contributed by atoms with E-state index in [0.29, 0.717) is 6.54 Å². The zero-order valence-corrected chi connectivity index (χ0v) is 16.5. The number of rotatable bonds is 3. The number of aryl methyl sites for hydroxylation is 3. The van der Waals surface area contributed by atoms with E-state index in [2.05, 4.69) is 34.2 Å². The second-order valence-corrected chi connectivity index (χ2v) is 7.46. The highest BCUT2D eigenvalue weighted by atomic mass is 16.5. The maximum absolute atomic E-state index is 12.7. The average Bonchev–Trinajstić information content (AvgIpc) is 3.20. The van der Waals surface area contributed by atoms with Crippen molar-refractivity contribution in [1.29, 1.82) is 0 Å². The topological polar surface area (TPSA) is 76.7 Å². The Kier molecular flexibility index (Phi) is 3.87. The van der Waals surface area contributed by atoms with Gasteiger partial charge in [0, 0.05) is 10.9 Å². The third kappa shape index (κ3) is 2.84. The number of hydrogen-bond donors (Lipinski definition) is 1. The number of fused-ring (bicyclic) bond motifs is 3. The molecule has 29 heavy (non-hydrogen) atoms. The van der Waals surface area contributed by atoms with Crippen LogP contribution in [0.5, 0.6) is 0 Å². The Morgan fingerprint density at radius 1 is 1.10 bits per heavy atom. The third-order valence-electron chi connectivity index (χ3n) is 5.34. The maximum atomic E-state index is 12.7. The minimum atomic E-state index is -0.134. The molecular formula is C23H20N4O2. The predicted molar refractivity (Wildman–Crippen MR) is 113 cm³/mol. The van der Waals surface area contributed by atoms with Crippen LogP contribution in [-0.2, 0) is 6.54 Å². The van der Waals surface area contributed by atoms with Gasteiger partial charge < -0.3 is 9.51 Å². The van der Waals surface area contributed by atoms with Gasteiger partial charge in [-0.25, -0.2) is 4.79 Å². The molecule has 3 aromatic heterocycles. The minimum Gasteiger partial charge on any atom is -0.361 e. The monoisotopic (exact) mass is 384 g/mol. The van der Waals surface area contributed by atoms with Crippen molar-refractivity contribution in [2.45, 2.75) is 27.3 Å². The SMILES string of the molecule is Cc1cccc(Cn2c(=O)[nH]c3cnc4cc(-c5c(C)noc5C)ccc4c32)c1. The van der Waals surface area contributed by atoms with Crippen molar-refractivity contribution in [3.05, 3.63) is 81.7 Å². The zero-order valence-electron chi connectivity index (χ0n) is 16.5. The van der Waals surface area contributed by atoms with Crippen LogP contribution >= 0.6 is 0 Å². The number of H-pyrrole nitrogens is 1. The molecule has 6 heteroatoms. The Bertz CT molecular complexity index is 1420. The van der Waals surface area contributed by atoms with Crippen LogP contribution in [-0.4, -0.2) is 19.7 Å². The molecule has 0 atom stereocenters. The fourth-order valence-electron chi connectivity index (χ4n) is 4.04. The fourth-order valence-corrected chi connectivity index (χ4v) is 4.04. The van der Waals surface area contributed by atoms with Crippen molar-refractivity contribution < 1.29 is 4.52 Å². The molecule has 0 saturated carbocycles. The molecule has 0 radical (unpaired) electrons. The van der Waals surface area contributed by atoms with E-state index in [1.54, 1.807) is 10.8 Å². The van der Waals surface area contributed by atoms with E-state index in [-0.39, 0.29) is 5.69 Å². The smallest absolute Gasteiger partial charge is 0.326 e. The minimum absolute atomic E-state index is 0.134. The predicted octanol–water partition coefficient (Wildman–Crippen LogP) is 4.51. The first-order valence-electron chi connectivity index (χ1n) is 9.51. The standard InChI is InChI=1S/C23H20N4O2/c1-13-5-4-6-16(9-13)12-27-22-18-8-7-17(21-14(2)26-29-15(21)3)10-19(18)24-11-20(22)25-23(27)28/h4-11H,12H2,1-3H3,(H,25,28). The number of hydrogen-bond acceptors (Lipinski definition) is 4. The number of pyridine rings is 1. The number of imidazole rings is 1. The Hall–Kier alpha value is -3.67. The summed E-state index contributed by atoms with van der Waals surface area (Å²) in [4.78, 5) is 20.2. The molecular weight excluding hydrogens is 364 g/mol. The highest BCUT2D eigenvalue weighted by Gasteiger charge is 2.15. The van der Waals surface area contributed by atoms with E-state index in [1.165, 1.54) is 5.56 Å². The Balaban J connectivity index is 1.71. The van der Waals surface area contributed by atoms with E-state index >= 15 is 0 Å². The maximum Gasteiger partial charge on any atom is 0.326 e. The lowest BCUT2D eigenvalue weighted by Crippen LogP contribution is -2.17. The summed E-state index contributed by atoms with van der Waals surface area (Å²) in [6.07, 6.45) is 1.73. The summed E-state index contributed by atoms with van der Waals surface area (Å²) < 4.78 is 7.09. The normalized spacial score (nSPS) is 11.6. The largest absolute Gasteiger partial charge is 0.361 e. The van der Waals surface area contributed by atoms with Gasteiger partial charge in [-0.2, -0.15) is 0 Å². The molecule has 0 amide bonds. The highest BCUT2D eigenvalue weighted by Crippen LogP contribution is 2.31. The van der Waals surface area contributed by atoms with Gasteiger partial charge in [-0.3, -0.25) is 9.55 Å². The van der Waals surface area contributed by atoms with Gasteiger partial charge in [0.05, 0.1) is 35.0 Å². The number of nitrogens with one attached hydrogen (secondary N) is 1. The molecule has 0 saturated heterocycles. The number of aromatic nitrogens is 4. The summed E-state index contributed by atoms with van der Waals surface area (Å²) in [5, 5.41) is 4.98. The van der Waals surface area contributed by atoms with Crippen LogP contribution in [0.3, 0.4) is 0 Å². The van der Waals surface area contributed by atoms with Crippen molar-refractivity contribution in [3.8, 4) is 11.1 Å². The van der Waals surface area contributed by atoms with Crippen molar-refractivity contribution in [3.63, 3.8) is 0 Å². The van der Waals surface area contributed by atoms with Crippen LogP contribution in [0.1, 0.15) is 22.6 Å². The van der Waals surface area contributed by atoms with Gasteiger partial charge in [-0.05, 0) is 38.0 Å². The molecule has 0 bridgehead atoms. The summed E-state index contributed by atoms with van der Waals surface area (Å²) in [5.41, 5.74) is 7.39. The lowest BCUT2D eigenvalue weighted by atomic mass is 10.0. The van der Waals surface area contributed by atoms with Crippen molar-refractivity contribution in [2.75, 3.05) is 0 Å². The first kappa shape index (κ1) is 17.4. The van der Waals surface area contributed by atoms with E-state index in [0.717, 1.165) is 50.1 Å². The van der Waals surface area contributed by atoms with Crippen LogP contribution in [0.25, 0.3) is 33.1 Å². The van der Waals surface area contributed by atoms with E-state index < -0.39 is 0 Å². The summed E-state index contributed by atoms with van der Waals surface area (Å²) in [6.45, 7) is 6.39. The molecule has 1 N–H and O–H groups in total. The molecule has 0 spiro atoms. The second kappa shape index (κ2) is 6.44. The summed E-state index contributed by atoms with van der Waals surface area (Å²) in [7, 11) is 0. The summed E-state index contributed by atoms with van der Waals surface area (Å²) in [6, 6.07) is 14.3.